The van der Waals surface area contributed by atoms with Crippen molar-refractivity contribution in [3.63, 3.8) is 0 Å². The molecule has 2 N–H and O–H groups in total. The molecule has 1 rings (SSSR count). The van der Waals surface area contributed by atoms with Crippen LogP contribution in [0.4, 0.5) is 0 Å². The molecule has 0 aliphatic heterocycles. The van der Waals surface area contributed by atoms with Gasteiger partial charge in [0.15, 0.2) is 6.10 Å². The van der Waals surface area contributed by atoms with E-state index in [2.05, 4.69) is 15.9 Å². The predicted octanol–water partition coefficient (Wildman–Crippen LogP) is 2.06. The Morgan fingerprint density at radius 1 is 1.42 bits per heavy atom. The Morgan fingerprint density at radius 3 is 2.68 bits per heavy atom. The first-order chi connectivity index (χ1) is 8.97. The molecular formula is C13H15BrO5. The second kappa shape index (κ2) is 7.25. The van der Waals surface area contributed by atoms with Gasteiger partial charge in [0.1, 0.15) is 0 Å². The molecule has 6 heteroatoms. The molecule has 0 aromatic heterocycles. The molecule has 0 spiro atoms. The normalized spacial score (nSPS) is 11.9. The van der Waals surface area contributed by atoms with Gasteiger partial charge >= 0.3 is 11.9 Å². The van der Waals surface area contributed by atoms with Crippen LogP contribution in [0.5, 0.6) is 0 Å². The minimum atomic E-state index is -1.60. The van der Waals surface area contributed by atoms with E-state index in [0.717, 1.165) is 0 Å². The Bertz CT molecular complexity index is 472. The van der Waals surface area contributed by atoms with E-state index in [9.17, 15) is 14.7 Å². The Hall–Kier alpha value is -1.40. The number of carbonyl (C=O) groups is 2. The van der Waals surface area contributed by atoms with Gasteiger partial charge in [0.25, 0.3) is 0 Å². The minimum Gasteiger partial charge on any atom is -0.479 e. The average Bonchev–Trinajstić information content (AvgIpc) is 2.36. The molecule has 0 aliphatic rings. The summed E-state index contributed by atoms with van der Waals surface area (Å²) in [6, 6.07) is 4.90. The number of aliphatic hydroxyl groups is 1. The SMILES string of the molecule is CCOC(=O)CCc1c(Br)cccc1C(O)C(=O)O. The molecule has 0 saturated heterocycles. The van der Waals surface area contributed by atoms with Gasteiger partial charge in [-0.3, -0.25) is 4.79 Å². The average molecular weight is 331 g/mol. The largest absolute Gasteiger partial charge is 0.479 e. The monoisotopic (exact) mass is 330 g/mol. The fraction of sp³-hybridized carbons (Fsp3) is 0.385. The van der Waals surface area contributed by atoms with Crippen molar-refractivity contribution in [3.8, 4) is 0 Å². The van der Waals surface area contributed by atoms with Crippen LogP contribution in [0.25, 0.3) is 0 Å². The lowest BCUT2D eigenvalue weighted by molar-refractivity contribution is -0.147. The summed E-state index contributed by atoms with van der Waals surface area (Å²) in [6.07, 6.45) is -1.16. The zero-order chi connectivity index (χ0) is 14.4. The van der Waals surface area contributed by atoms with Crippen LogP contribution < -0.4 is 0 Å². The number of rotatable bonds is 6. The van der Waals surface area contributed by atoms with Gasteiger partial charge in [-0.05, 0) is 30.5 Å². The lowest BCUT2D eigenvalue weighted by Gasteiger charge is -2.13. The molecule has 5 nitrogen and oxygen atoms in total. The lowest BCUT2D eigenvalue weighted by atomic mass is 9.98. The predicted molar refractivity (Wildman–Crippen MR) is 71.7 cm³/mol. The smallest absolute Gasteiger partial charge is 0.337 e. The molecule has 1 aromatic rings. The van der Waals surface area contributed by atoms with Crippen molar-refractivity contribution in [3.05, 3.63) is 33.8 Å². The Kier molecular flexibility index (Phi) is 5.98. The van der Waals surface area contributed by atoms with Crippen molar-refractivity contribution in [2.24, 2.45) is 0 Å². The molecule has 1 unspecified atom stereocenters. The summed E-state index contributed by atoms with van der Waals surface area (Å²) in [4.78, 5) is 22.2. The third kappa shape index (κ3) is 4.33. The number of hydrogen-bond donors (Lipinski definition) is 2. The third-order valence-electron chi connectivity index (χ3n) is 2.57. The van der Waals surface area contributed by atoms with Crippen molar-refractivity contribution in [1.29, 1.82) is 0 Å². The van der Waals surface area contributed by atoms with Crippen LogP contribution in [-0.4, -0.2) is 28.8 Å². The molecule has 104 valence electrons. The molecule has 1 aromatic carbocycles. The Labute approximate surface area is 119 Å². The lowest BCUT2D eigenvalue weighted by Crippen LogP contribution is -2.14. The summed E-state index contributed by atoms with van der Waals surface area (Å²) in [5.41, 5.74) is 0.886. The number of esters is 1. The molecule has 0 aliphatic carbocycles. The van der Waals surface area contributed by atoms with Crippen LogP contribution in [0.1, 0.15) is 30.6 Å². The second-order valence-electron chi connectivity index (χ2n) is 3.85. The standard InChI is InChI=1S/C13H15BrO5/c1-2-19-11(15)7-6-8-9(12(16)13(17)18)4-3-5-10(8)14/h3-5,12,16H,2,6-7H2,1H3,(H,17,18). The van der Waals surface area contributed by atoms with E-state index in [1.165, 1.54) is 6.07 Å². The van der Waals surface area contributed by atoms with E-state index in [-0.39, 0.29) is 18.0 Å². The van der Waals surface area contributed by atoms with Gasteiger partial charge in [-0.15, -0.1) is 0 Å². The first-order valence-electron chi connectivity index (χ1n) is 5.81. The number of carbonyl (C=O) groups excluding carboxylic acids is 1. The van der Waals surface area contributed by atoms with Crippen LogP contribution in [0.3, 0.4) is 0 Å². The molecule has 0 heterocycles. The highest BCUT2D eigenvalue weighted by Gasteiger charge is 2.21. The topological polar surface area (TPSA) is 83.8 Å². The van der Waals surface area contributed by atoms with E-state index in [1.807, 2.05) is 0 Å². The number of carboxylic acids is 1. The van der Waals surface area contributed by atoms with Crippen molar-refractivity contribution < 1.29 is 24.5 Å². The third-order valence-corrected chi connectivity index (χ3v) is 3.31. The number of aliphatic hydroxyl groups excluding tert-OH is 1. The zero-order valence-electron chi connectivity index (χ0n) is 10.4. The number of carboxylic acid groups (broad SMARTS) is 1. The van der Waals surface area contributed by atoms with Gasteiger partial charge in [-0.25, -0.2) is 4.79 Å². The number of benzene rings is 1. The summed E-state index contributed by atoms with van der Waals surface area (Å²) in [7, 11) is 0. The van der Waals surface area contributed by atoms with Gasteiger partial charge in [0.05, 0.1) is 6.61 Å². The maximum atomic E-state index is 11.3. The van der Waals surface area contributed by atoms with E-state index in [1.54, 1.807) is 19.1 Å². The van der Waals surface area contributed by atoms with Crippen molar-refractivity contribution in [2.45, 2.75) is 25.9 Å². The fourth-order valence-electron chi connectivity index (χ4n) is 1.69. The van der Waals surface area contributed by atoms with Gasteiger partial charge in [0.2, 0.25) is 0 Å². The molecule has 1 atom stereocenters. The molecular weight excluding hydrogens is 316 g/mol. The highest BCUT2D eigenvalue weighted by Crippen LogP contribution is 2.27. The second-order valence-corrected chi connectivity index (χ2v) is 4.71. The van der Waals surface area contributed by atoms with Crippen LogP contribution in [0, 0.1) is 0 Å². The summed E-state index contributed by atoms with van der Waals surface area (Å²) in [6.45, 7) is 2.02. The van der Waals surface area contributed by atoms with Gasteiger partial charge in [-0.1, -0.05) is 28.1 Å². The summed E-state index contributed by atoms with van der Waals surface area (Å²) in [5, 5.41) is 18.5. The molecule has 0 radical (unpaired) electrons. The highest BCUT2D eigenvalue weighted by atomic mass is 79.9. The van der Waals surface area contributed by atoms with Gasteiger partial charge in [0, 0.05) is 10.9 Å². The number of aliphatic carboxylic acids is 1. The fourth-order valence-corrected chi connectivity index (χ4v) is 2.27. The summed E-state index contributed by atoms with van der Waals surface area (Å²) >= 11 is 3.30. The van der Waals surface area contributed by atoms with E-state index in [4.69, 9.17) is 9.84 Å². The van der Waals surface area contributed by atoms with Crippen LogP contribution in [0.2, 0.25) is 0 Å². The van der Waals surface area contributed by atoms with E-state index < -0.39 is 12.1 Å². The molecule has 0 bridgehead atoms. The first-order valence-corrected chi connectivity index (χ1v) is 6.60. The quantitative estimate of drug-likeness (QED) is 0.780. The van der Waals surface area contributed by atoms with Crippen LogP contribution in [-0.2, 0) is 20.7 Å². The summed E-state index contributed by atoms with van der Waals surface area (Å²) in [5.74, 6) is -1.68. The minimum absolute atomic E-state index is 0.135. The van der Waals surface area contributed by atoms with Crippen molar-refractivity contribution in [1.82, 2.24) is 0 Å². The van der Waals surface area contributed by atoms with Gasteiger partial charge in [-0.2, -0.15) is 0 Å². The highest BCUT2D eigenvalue weighted by molar-refractivity contribution is 9.10. The maximum absolute atomic E-state index is 11.3. The number of ether oxygens (including phenoxy) is 1. The molecule has 0 fully saturated rings. The molecule has 0 saturated carbocycles. The Morgan fingerprint density at radius 2 is 2.11 bits per heavy atom. The molecule has 19 heavy (non-hydrogen) atoms. The van der Waals surface area contributed by atoms with Crippen molar-refractivity contribution in [2.75, 3.05) is 6.61 Å². The Balaban J connectivity index is 2.92. The zero-order valence-corrected chi connectivity index (χ0v) is 12.0. The number of hydrogen-bond acceptors (Lipinski definition) is 4. The van der Waals surface area contributed by atoms with Crippen LogP contribution in [0.15, 0.2) is 22.7 Å². The van der Waals surface area contributed by atoms with E-state index >= 15 is 0 Å². The molecule has 0 amide bonds. The summed E-state index contributed by atoms with van der Waals surface area (Å²) < 4.78 is 5.48. The van der Waals surface area contributed by atoms with Crippen LogP contribution >= 0.6 is 15.9 Å². The maximum Gasteiger partial charge on any atom is 0.337 e. The van der Waals surface area contributed by atoms with Crippen molar-refractivity contribution >= 4 is 27.9 Å². The van der Waals surface area contributed by atoms with Gasteiger partial charge < -0.3 is 14.9 Å². The number of halogens is 1. The van der Waals surface area contributed by atoms with E-state index in [0.29, 0.717) is 23.1 Å². The first kappa shape index (κ1) is 15.7.